The molecule has 0 bridgehead atoms. The maximum absolute atomic E-state index is 2.57. The normalized spacial score (nSPS) is 11.9. The summed E-state index contributed by atoms with van der Waals surface area (Å²) in [6.45, 7) is 6.92. The van der Waals surface area contributed by atoms with Gasteiger partial charge in [0.15, 0.2) is 0 Å². The summed E-state index contributed by atoms with van der Waals surface area (Å²) >= 11 is 17.8. The summed E-state index contributed by atoms with van der Waals surface area (Å²) in [4.78, 5) is 22.5. The SMILES string of the molecule is CCCCCCc1ccsc1-c1sc(-c2ccc(-c3ccc(-c4sc(-c5sc(-c6ccc(-c7sc(-c8sccc8CCCCCC)c8ccccc78)s6)cc5CCCCCC)c5ccccc45)s3)s2)c2ccccc12. The number of hydrogen-bond acceptors (Lipinski definition) is 9. The van der Waals surface area contributed by atoms with Crippen LogP contribution in [0.1, 0.15) is 115 Å². The summed E-state index contributed by atoms with van der Waals surface area (Å²) in [6, 6.07) is 49.1. The van der Waals surface area contributed by atoms with Gasteiger partial charge >= 0.3 is 0 Å². The molecule has 3 aromatic carbocycles. The van der Waals surface area contributed by atoms with Gasteiger partial charge in [-0.1, -0.05) is 151 Å². The zero-order chi connectivity index (χ0) is 50.7. The van der Waals surface area contributed by atoms with Crippen molar-refractivity contribution < 1.29 is 0 Å². The standard InChI is InChI=1S/C66H62S9/c1-4-7-10-13-22-42-37-39-67-58(42)64-48-28-19-16-25-45(48)61(73-64)54-34-31-51(69-54)52-32-35-55(70-52)63-47-27-18-21-30-50(47)66(75-63)60-44(24-15-12-9-6-3)41-57(72-60)53-33-36-56(71-53)62-46-26-17-20-29-49(46)65(74-62)59-43(38-40-68-59)23-14-11-8-5-2/h16-21,25-41H,4-15,22-24H2,1-3H3. The highest BCUT2D eigenvalue weighted by Gasteiger charge is 2.24. The predicted octanol–water partition coefficient (Wildman–Crippen LogP) is 25.4. The minimum absolute atomic E-state index is 1.12. The Morgan fingerprint density at radius 3 is 0.973 bits per heavy atom. The van der Waals surface area contributed by atoms with Gasteiger partial charge in [-0.05, 0) is 121 Å². The van der Waals surface area contributed by atoms with E-state index in [1.807, 2.05) is 102 Å². The molecule has 0 amide bonds. The van der Waals surface area contributed by atoms with E-state index in [9.17, 15) is 0 Å². The number of thiophene rings is 9. The first-order valence-corrected chi connectivity index (χ1v) is 34.7. The van der Waals surface area contributed by atoms with Gasteiger partial charge in [-0.2, -0.15) is 0 Å². The molecule has 0 unspecified atom stereocenters. The van der Waals surface area contributed by atoms with Gasteiger partial charge in [0.05, 0.1) is 29.3 Å². The summed E-state index contributed by atoms with van der Waals surface area (Å²) in [6.07, 6.45) is 18.9. The summed E-state index contributed by atoms with van der Waals surface area (Å²) < 4.78 is 0. The highest BCUT2D eigenvalue weighted by atomic mass is 32.1. The number of unbranched alkanes of at least 4 members (excludes halogenated alkanes) is 9. The summed E-state index contributed by atoms with van der Waals surface area (Å²) in [5, 5.41) is 12.9. The van der Waals surface area contributed by atoms with Crippen LogP contribution < -0.4 is 0 Å². The van der Waals surface area contributed by atoms with Gasteiger partial charge in [-0.15, -0.1) is 102 Å². The van der Waals surface area contributed by atoms with E-state index >= 15 is 0 Å². The Kier molecular flexibility index (Phi) is 16.3. The maximum atomic E-state index is 2.57. The minimum atomic E-state index is 1.12. The van der Waals surface area contributed by atoms with Crippen molar-refractivity contribution in [3.63, 3.8) is 0 Å². The van der Waals surface area contributed by atoms with Gasteiger partial charge in [-0.25, -0.2) is 0 Å². The average Bonchev–Trinajstić information content (AvgIpc) is 4.29. The first kappa shape index (κ1) is 51.5. The van der Waals surface area contributed by atoms with Crippen molar-refractivity contribution in [2.45, 2.75) is 117 Å². The van der Waals surface area contributed by atoms with Crippen LogP contribution in [0.4, 0.5) is 0 Å². The molecule has 12 aromatic rings. The van der Waals surface area contributed by atoms with Crippen molar-refractivity contribution in [1.29, 1.82) is 0 Å². The van der Waals surface area contributed by atoms with E-state index in [1.54, 1.807) is 0 Å². The maximum Gasteiger partial charge on any atom is 0.0531 e. The van der Waals surface area contributed by atoms with Crippen molar-refractivity contribution >= 4 is 134 Å². The molecule has 0 aliphatic carbocycles. The van der Waals surface area contributed by atoms with Crippen LogP contribution in [-0.2, 0) is 19.3 Å². The zero-order valence-electron chi connectivity index (χ0n) is 43.1. The quantitative estimate of drug-likeness (QED) is 0.0560. The molecule has 12 rings (SSSR count). The molecule has 0 atom stereocenters. The molecule has 0 aliphatic rings. The number of fused-ring (bicyclic) bond motifs is 3. The largest absolute Gasteiger partial charge is 0.143 e. The first-order chi connectivity index (χ1) is 37.1. The van der Waals surface area contributed by atoms with Crippen LogP contribution >= 0.6 is 102 Å². The smallest absolute Gasteiger partial charge is 0.0531 e. The molecule has 0 radical (unpaired) electrons. The highest BCUT2D eigenvalue weighted by molar-refractivity contribution is 7.33. The number of rotatable bonds is 23. The molecule has 0 nitrogen and oxygen atoms in total. The van der Waals surface area contributed by atoms with Crippen molar-refractivity contribution in [3.8, 4) is 78.0 Å². The van der Waals surface area contributed by atoms with Crippen molar-refractivity contribution in [2.24, 2.45) is 0 Å². The minimum Gasteiger partial charge on any atom is -0.143 e. The number of aryl methyl sites for hydroxylation is 3. The van der Waals surface area contributed by atoms with Crippen molar-refractivity contribution in [3.05, 3.63) is 155 Å². The Balaban J connectivity index is 0.853. The second kappa shape index (κ2) is 23.8. The third-order valence-corrected chi connectivity index (χ3v) is 26.1. The van der Waals surface area contributed by atoms with Crippen LogP contribution in [-0.4, -0.2) is 0 Å². The van der Waals surface area contributed by atoms with E-state index in [1.165, 1.54) is 217 Å². The molecule has 0 aliphatic heterocycles. The van der Waals surface area contributed by atoms with E-state index < -0.39 is 0 Å². The molecule has 0 N–H and O–H groups in total. The number of benzene rings is 3. The van der Waals surface area contributed by atoms with Crippen LogP contribution in [0.15, 0.2) is 138 Å². The van der Waals surface area contributed by atoms with Gasteiger partial charge in [0, 0.05) is 81.1 Å². The second-order valence-electron chi connectivity index (χ2n) is 19.9. The average molecular weight is 1140 g/mol. The third kappa shape index (κ3) is 10.6. The van der Waals surface area contributed by atoms with E-state index in [0.29, 0.717) is 0 Å². The van der Waals surface area contributed by atoms with E-state index in [4.69, 9.17) is 0 Å². The Bertz CT molecular complexity index is 3830. The first-order valence-electron chi connectivity index (χ1n) is 27.2. The van der Waals surface area contributed by atoms with Gasteiger partial charge < -0.3 is 0 Å². The van der Waals surface area contributed by atoms with Gasteiger partial charge in [0.2, 0.25) is 0 Å². The van der Waals surface area contributed by atoms with Crippen molar-refractivity contribution in [1.82, 2.24) is 0 Å². The molecule has 0 spiro atoms. The Morgan fingerprint density at radius 1 is 0.253 bits per heavy atom. The van der Waals surface area contributed by atoms with E-state index in [2.05, 4.69) is 159 Å². The fraction of sp³-hybridized carbons (Fsp3) is 0.273. The third-order valence-electron chi connectivity index (χ3n) is 14.7. The molecule has 9 heterocycles. The summed E-state index contributed by atoms with van der Waals surface area (Å²) in [5.74, 6) is 0. The molecule has 9 heteroatoms. The van der Waals surface area contributed by atoms with Crippen molar-refractivity contribution in [2.75, 3.05) is 0 Å². The fourth-order valence-electron chi connectivity index (χ4n) is 10.7. The van der Waals surface area contributed by atoms with Crippen LogP contribution in [0, 0.1) is 0 Å². The lowest BCUT2D eigenvalue weighted by Gasteiger charge is -2.03. The monoisotopic (exact) mass is 1140 g/mol. The molecule has 0 saturated carbocycles. The Labute approximate surface area is 479 Å². The van der Waals surface area contributed by atoms with Gasteiger partial charge in [-0.3, -0.25) is 0 Å². The van der Waals surface area contributed by atoms with E-state index in [0.717, 1.165) is 6.42 Å². The second-order valence-corrected chi connectivity index (χ2v) is 29.1. The lowest BCUT2D eigenvalue weighted by Crippen LogP contribution is -1.85. The Hall–Kier alpha value is -4.26. The van der Waals surface area contributed by atoms with Gasteiger partial charge in [0.25, 0.3) is 0 Å². The lowest BCUT2D eigenvalue weighted by molar-refractivity contribution is 0.668. The highest BCUT2D eigenvalue weighted by Crippen LogP contribution is 2.55. The van der Waals surface area contributed by atoms with Crippen LogP contribution in [0.25, 0.3) is 110 Å². The zero-order valence-corrected chi connectivity index (χ0v) is 50.4. The number of hydrogen-bond donors (Lipinski definition) is 0. The molecular weight excluding hydrogens is 1080 g/mol. The van der Waals surface area contributed by atoms with Gasteiger partial charge in [0.1, 0.15) is 0 Å². The lowest BCUT2D eigenvalue weighted by atomic mass is 10.0. The fourth-order valence-corrected chi connectivity index (χ4v) is 21.8. The van der Waals surface area contributed by atoms with Crippen LogP contribution in [0.5, 0.6) is 0 Å². The summed E-state index contributed by atoms with van der Waals surface area (Å²) in [5.41, 5.74) is 4.55. The summed E-state index contributed by atoms with van der Waals surface area (Å²) in [7, 11) is 0. The van der Waals surface area contributed by atoms with E-state index in [-0.39, 0.29) is 0 Å². The van der Waals surface area contributed by atoms with Crippen LogP contribution in [0.3, 0.4) is 0 Å². The molecule has 0 fully saturated rings. The predicted molar refractivity (Wildman–Crippen MR) is 347 cm³/mol. The van der Waals surface area contributed by atoms with Crippen LogP contribution in [0.2, 0.25) is 0 Å². The molecule has 0 saturated heterocycles. The molecule has 75 heavy (non-hydrogen) atoms. The molecule has 9 aromatic heterocycles. The molecule has 380 valence electrons. The Morgan fingerprint density at radius 2 is 0.587 bits per heavy atom. The topological polar surface area (TPSA) is 0 Å². The molecular formula is C66H62S9.